The van der Waals surface area contributed by atoms with Gasteiger partial charge in [0.05, 0.1) is 0 Å². The minimum Gasteiger partial charge on any atom is -0.328 e. The minimum absolute atomic E-state index is 0.441. The van der Waals surface area contributed by atoms with E-state index >= 15 is 0 Å². The van der Waals surface area contributed by atoms with Crippen LogP contribution in [0.25, 0.3) is 0 Å². The average Bonchev–Trinajstić information content (AvgIpc) is 2.49. The third kappa shape index (κ3) is 1.39. The van der Waals surface area contributed by atoms with Crippen LogP contribution in [0.3, 0.4) is 0 Å². The van der Waals surface area contributed by atoms with Crippen molar-refractivity contribution in [2.75, 3.05) is 0 Å². The van der Waals surface area contributed by atoms with E-state index in [1.54, 1.807) is 0 Å². The molecule has 0 radical (unpaired) electrons. The van der Waals surface area contributed by atoms with E-state index in [-0.39, 0.29) is 0 Å². The summed E-state index contributed by atoms with van der Waals surface area (Å²) in [5, 5.41) is 0. The van der Waals surface area contributed by atoms with Crippen molar-refractivity contribution in [2.24, 2.45) is 23.5 Å². The fourth-order valence-electron chi connectivity index (χ4n) is 3.47. The minimum atomic E-state index is 0.441. The summed E-state index contributed by atoms with van der Waals surface area (Å²) < 4.78 is 0. The first-order valence-corrected chi connectivity index (χ1v) is 5.54. The highest BCUT2D eigenvalue weighted by Crippen LogP contribution is 2.46. The quantitative estimate of drug-likeness (QED) is 0.638. The molecule has 2 rings (SSSR count). The maximum Gasteiger partial charge on any atom is 0.00415 e. The van der Waals surface area contributed by atoms with Crippen molar-refractivity contribution >= 4 is 0 Å². The zero-order valence-electron chi connectivity index (χ0n) is 8.13. The Labute approximate surface area is 75.7 Å². The maximum absolute atomic E-state index is 6.02. The van der Waals surface area contributed by atoms with Gasteiger partial charge in [0.2, 0.25) is 0 Å². The van der Waals surface area contributed by atoms with Crippen LogP contribution in [-0.4, -0.2) is 6.04 Å². The Morgan fingerprint density at radius 3 is 2.42 bits per heavy atom. The lowest BCUT2D eigenvalue weighted by atomic mass is 9.71. The molecule has 1 heteroatoms. The summed E-state index contributed by atoms with van der Waals surface area (Å²) >= 11 is 0. The molecule has 2 fully saturated rings. The van der Waals surface area contributed by atoms with Crippen molar-refractivity contribution in [3.05, 3.63) is 0 Å². The SMILES string of the molecule is CC(N)C1CCCC2CCCC21. The van der Waals surface area contributed by atoms with Crippen molar-refractivity contribution in [3.8, 4) is 0 Å². The summed E-state index contributed by atoms with van der Waals surface area (Å²) in [5.74, 6) is 2.90. The predicted molar refractivity (Wildman–Crippen MR) is 51.8 cm³/mol. The lowest BCUT2D eigenvalue weighted by Gasteiger charge is -2.36. The molecular formula is C11H21N. The highest BCUT2D eigenvalue weighted by atomic mass is 14.7. The van der Waals surface area contributed by atoms with E-state index in [0.717, 1.165) is 17.8 Å². The summed E-state index contributed by atoms with van der Waals surface area (Å²) in [4.78, 5) is 0. The molecule has 0 spiro atoms. The summed E-state index contributed by atoms with van der Waals surface area (Å²) in [7, 11) is 0. The van der Waals surface area contributed by atoms with Crippen molar-refractivity contribution < 1.29 is 0 Å². The van der Waals surface area contributed by atoms with Gasteiger partial charge in [-0.3, -0.25) is 0 Å². The molecular weight excluding hydrogens is 146 g/mol. The molecule has 2 N–H and O–H groups in total. The first-order chi connectivity index (χ1) is 5.79. The van der Waals surface area contributed by atoms with E-state index in [2.05, 4.69) is 6.92 Å². The monoisotopic (exact) mass is 167 g/mol. The van der Waals surface area contributed by atoms with Crippen LogP contribution < -0.4 is 5.73 Å². The lowest BCUT2D eigenvalue weighted by molar-refractivity contribution is 0.161. The Morgan fingerprint density at radius 1 is 1.08 bits per heavy atom. The number of hydrogen-bond donors (Lipinski definition) is 1. The van der Waals surface area contributed by atoms with Gasteiger partial charge in [-0.15, -0.1) is 0 Å². The van der Waals surface area contributed by atoms with Crippen LogP contribution in [-0.2, 0) is 0 Å². The highest BCUT2D eigenvalue weighted by Gasteiger charge is 2.37. The second-order valence-electron chi connectivity index (χ2n) is 4.81. The summed E-state index contributed by atoms with van der Waals surface area (Å²) in [6.45, 7) is 2.20. The van der Waals surface area contributed by atoms with E-state index in [1.807, 2.05) is 0 Å². The smallest absolute Gasteiger partial charge is 0.00415 e. The molecule has 4 atom stereocenters. The van der Waals surface area contributed by atoms with Crippen molar-refractivity contribution in [3.63, 3.8) is 0 Å². The van der Waals surface area contributed by atoms with Crippen molar-refractivity contribution in [1.82, 2.24) is 0 Å². The van der Waals surface area contributed by atoms with Crippen LogP contribution >= 0.6 is 0 Å². The fourth-order valence-corrected chi connectivity index (χ4v) is 3.47. The molecule has 2 aliphatic rings. The van der Waals surface area contributed by atoms with Gasteiger partial charge in [0.25, 0.3) is 0 Å². The van der Waals surface area contributed by atoms with Gasteiger partial charge in [-0.05, 0) is 37.5 Å². The fraction of sp³-hybridized carbons (Fsp3) is 1.00. The molecule has 70 valence electrons. The normalized spacial score (nSPS) is 44.0. The van der Waals surface area contributed by atoms with Crippen LogP contribution in [0.5, 0.6) is 0 Å². The maximum atomic E-state index is 6.02. The predicted octanol–water partition coefficient (Wildman–Crippen LogP) is 2.55. The number of hydrogen-bond acceptors (Lipinski definition) is 1. The Hall–Kier alpha value is -0.0400. The van der Waals surface area contributed by atoms with Crippen LogP contribution in [0.4, 0.5) is 0 Å². The van der Waals surface area contributed by atoms with Gasteiger partial charge in [0.1, 0.15) is 0 Å². The molecule has 2 saturated carbocycles. The lowest BCUT2D eigenvalue weighted by Crippen LogP contribution is -2.36. The van der Waals surface area contributed by atoms with Crippen molar-refractivity contribution in [2.45, 2.75) is 51.5 Å². The molecule has 1 nitrogen and oxygen atoms in total. The third-order valence-corrected chi connectivity index (χ3v) is 4.06. The second kappa shape index (κ2) is 3.37. The molecule has 2 aliphatic carbocycles. The summed E-state index contributed by atoms with van der Waals surface area (Å²) in [6.07, 6.45) is 8.77. The molecule has 12 heavy (non-hydrogen) atoms. The number of nitrogens with two attached hydrogens (primary N) is 1. The zero-order chi connectivity index (χ0) is 8.55. The van der Waals surface area contributed by atoms with E-state index in [0.29, 0.717) is 6.04 Å². The topological polar surface area (TPSA) is 26.0 Å². The average molecular weight is 167 g/mol. The molecule has 0 aromatic heterocycles. The van der Waals surface area contributed by atoms with Crippen LogP contribution in [0.1, 0.15) is 45.4 Å². The van der Waals surface area contributed by atoms with E-state index < -0.39 is 0 Å². The van der Waals surface area contributed by atoms with Crippen LogP contribution in [0, 0.1) is 17.8 Å². The van der Waals surface area contributed by atoms with E-state index in [9.17, 15) is 0 Å². The Morgan fingerprint density at radius 2 is 1.75 bits per heavy atom. The van der Waals surface area contributed by atoms with Crippen LogP contribution in [0.15, 0.2) is 0 Å². The summed E-state index contributed by atoms with van der Waals surface area (Å²) in [6, 6.07) is 0.441. The molecule has 0 amide bonds. The van der Waals surface area contributed by atoms with Gasteiger partial charge < -0.3 is 5.73 Å². The standard InChI is InChI=1S/C11H21N/c1-8(12)10-6-2-4-9-5-3-7-11(9)10/h8-11H,2-7,12H2,1H3. The molecule has 4 unspecified atom stereocenters. The van der Waals surface area contributed by atoms with Gasteiger partial charge in [-0.25, -0.2) is 0 Å². The second-order valence-corrected chi connectivity index (χ2v) is 4.81. The van der Waals surface area contributed by atoms with Gasteiger partial charge >= 0.3 is 0 Å². The van der Waals surface area contributed by atoms with Gasteiger partial charge in [-0.1, -0.05) is 25.7 Å². The first kappa shape index (κ1) is 8.55. The van der Waals surface area contributed by atoms with E-state index in [1.165, 1.54) is 38.5 Å². The molecule has 0 heterocycles. The molecule has 0 saturated heterocycles. The largest absolute Gasteiger partial charge is 0.328 e. The summed E-state index contributed by atoms with van der Waals surface area (Å²) in [5.41, 5.74) is 6.02. The van der Waals surface area contributed by atoms with Gasteiger partial charge in [-0.2, -0.15) is 0 Å². The molecule has 0 aromatic rings. The third-order valence-electron chi connectivity index (χ3n) is 4.06. The Bertz CT molecular complexity index is 153. The Balaban J connectivity index is 2.03. The van der Waals surface area contributed by atoms with Gasteiger partial charge in [0, 0.05) is 6.04 Å². The zero-order valence-corrected chi connectivity index (χ0v) is 8.13. The molecule has 0 aliphatic heterocycles. The number of fused-ring (bicyclic) bond motifs is 1. The van der Waals surface area contributed by atoms with Gasteiger partial charge in [0.15, 0.2) is 0 Å². The van der Waals surface area contributed by atoms with Crippen molar-refractivity contribution in [1.29, 1.82) is 0 Å². The first-order valence-electron chi connectivity index (χ1n) is 5.54. The van der Waals surface area contributed by atoms with E-state index in [4.69, 9.17) is 5.73 Å². The van der Waals surface area contributed by atoms with Crippen LogP contribution in [0.2, 0.25) is 0 Å². The Kier molecular flexibility index (Phi) is 2.40. The molecule has 0 bridgehead atoms. The molecule has 0 aromatic carbocycles. The highest BCUT2D eigenvalue weighted by molar-refractivity contribution is 4.89. The number of rotatable bonds is 1.